The molecule has 0 aromatic heterocycles. The van der Waals surface area contributed by atoms with E-state index in [-0.39, 0.29) is 6.54 Å². The molecule has 15 heavy (non-hydrogen) atoms. The maximum absolute atomic E-state index is 9.57. The lowest BCUT2D eigenvalue weighted by Crippen LogP contribution is -2.17. The van der Waals surface area contributed by atoms with Crippen molar-refractivity contribution in [2.24, 2.45) is 5.92 Å². The Bertz CT molecular complexity index is 282. The lowest BCUT2D eigenvalue weighted by molar-refractivity contribution is 0.0921. The second-order valence-corrected chi connectivity index (χ2v) is 4.22. The van der Waals surface area contributed by atoms with E-state index in [1.54, 1.807) is 0 Å². The zero-order valence-electron chi connectivity index (χ0n) is 9.27. The number of nitrogens with one attached hydrogen (secondary N) is 1. The predicted octanol–water partition coefficient (Wildman–Crippen LogP) is 1.90. The molecule has 1 rings (SSSR count). The number of hydroxylamine groups is 1. The summed E-state index contributed by atoms with van der Waals surface area (Å²) in [7, 11) is 0. The highest BCUT2D eigenvalue weighted by molar-refractivity contribution is 5.24. The fourth-order valence-corrected chi connectivity index (χ4v) is 1.55. The van der Waals surface area contributed by atoms with Crippen molar-refractivity contribution in [2.75, 3.05) is 6.54 Å². The Morgan fingerprint density at radius 1 is 1.20 bits per heavy atom. The van der Waals surface area contributed by atoms with Gasteiger partial charge in [0.2, 0.25) is 0 Å². The molecule has 0 amide bonds. The summed E-state index contributed by atoms with van der Waals surface area (Å²) in [5.41, 5.74) is 4.06. The van der Waals surface area contributed by atoms with Crippen LogP contribution in [0.2, 0.25) is 0 Å². The third-order valence-electron chi connectivity index (χ3n) is 2.29. The molecule has 3 heteroatoms. The molecule has 0 heterocycles. The first-order valence-corrected chi connectivity index (χ1v) is 5.27. The Balaban J connectivity index is 2.63. The van der Waals surface area contributed by atoms with Gasteiger partial charge >= 0.3 is 0 Å². The van der Waals surface area contributed by atoms with Crippen molar-refractivity contribution < 1.29 is 10.3 Å². The normalized spacial score (nSPS) is 13.1. The van der Waals surface area contributed by atoms with Crippen LogP contribution >= 0.6 is 0 Å². The zero-order chi connectivity index (χ0) is 11.3. The molecule has 3 N–H and O–H groups in total. The van der Waals surface area contributed by atoms with Crippen LogP contribution in [0.4, 0.5) is 0 Å². The molecule has 0 aliphatic carbocycles. The van der Waals surface area contributed by atoms with Crippen LogP contribution in [-0.4, -0.2) is 16.9 Å². The Labute approximate surface area is 90.7 Å². The van der Waals surface area contributed by atoms with Gasteiger partial charge in [-0.25, -0.2) is 5.48 Å². The van der Waals surface area contributed by atoms with Crippen molar-refractivity contribution in [3.63, 3.8) is 0 Å². The van der Waals surface area contributed by atoms with Gasteiger partial charge in [0.1, 0.15) is 0 Å². The molecule has 0 radical (unpaired) electrons. The Kier molecular flexibility index (Phi) is 4.75. The first-order valence-electron chi connectivity index (χ1n) is 5.27. The van der Waals surface area contributed by atoms with Gasteiger partial charge in [-0.2, -0.15) is 0 Å². The highest BCUT2D eigenvalue weighted by atomic mass is 16.5. The first kappa shape index (κ1) is 12.2. The van der Waals surface area contributed by atoms with Gasteiger partial charge in [-0.1, -0.05) is 38.1 Å². The minimum atomic E-state index is -0.650. The largest absolute Gasteiger partial charge is 0.387 e. The summed E-state index contributed by atoms with van der Waals surface area (Å²) in [4.78, 5) is 0. The van der Waals surface area contributed by atoms with Crippen LogP contribution in [-0.2, 0) is 6.42 Å². The van der Waals surface area contributed by atoms with Crippen molar-refractivity contribution >= 4 is 0 Å². The fourth-order valence-electron chi connectivity index (χ4n) is 1.55. The molecule has 1 aromatic rings. The van der Waals surface area contributed by atoms with Gasteiger partial charge in [-0.3, -0.25) is 0 Å². The molecule has 0 spiro atoms. The summed E-state index contributed by atoms with van der Waals surface area (Å²) in [5.74, 6) is 0.639. The molecule has 1 atom stereocenters. The molecule has 0 aliphatic heterocycles. The molecule has 1 unspecified atom stereocenters. The second-order valence-electron chi connectivity index (χ2n) is 4.22. The Morgan fingerprint density at radius 3 is 2.27 bits per heavy atom. The van der Waals surface area contributed by atoms with Crippen LogP contribution in [0, 0.1) is 5.92 Å². The lowest BCUT2D eigenvalue weighted by atomic mass is 10.0. The number of benzene rings is 1. The van der Waals surface area contributed by atoms with E-state index in [0.717, 1.165) is 12.0 Å². The van der Waals surface area contributed by atoms with Crippen LogP contribution in [0.5, 0.6) is 0 Å². The monoisotopic (exact) mass is 209 g/mol. The van der Waals surface area contributed by atoms with Crippen LogP contribution in [0.1, 0.15) is 31.1 Å². The van der Waals surface area contributed by atoms with Crippen molar-refractivity contribution in [1.82, 2.24) is 5.48 Å². The summed E-state index contributed by atoms with van der Waals surface area (Å²) in [5, 5.41) is 18.0. The SMILES string of the molecule is CC(C)Cc1ccc(C(O)CNO)cc1. The van der Waals surface area contributed by atoms with Crippen molar-refractivity contribution in [3.8, 4) is 0 Å². The third-order valence-corrected chi connectivity index (χ3v) is 2.29. The molecule has 0 saturated heterocycles. The number of rotatable bonds is 5. The first-order chi connectivity index (χ1) is 7.13. The summed E-state index contributed by atoms with van der Waals surface area (Å²) >= 11 is 0. The fraction of sp³-hybridized carbons (Fsp3) is 0.500. The third kappa shape index (κ3) is 4.00. The molecule has 0 fully saturated rings. The Hall–Kier alpha value is -0.900. The van der Waals surface area contributed by atoms with Crippen LogP contribution in [0.3, 0.4) is 0 Å². The van der Waals surface area contributed by atoms with Gasteiger partial charge in [0.05, 0.1) is 12.6 Å². The highest BCUT2D eigenvalue weighted by Gasteiger charge is 2.06. The van der Waals surface area contributed by atoms with Gasteiger partial charge in [-0.15, -0.1) is 0 Å². The average molecular weight is 209 g/mol. The second kappa shape index (κ2) is 5.85. The average Bonchev–Trinajstić information content (AvgIpc) is 2.18. The maximum atomic E-state index is 9.57. The van der Waals surface area contributed by atoms with E-state index >= 15 is 0 Å². The van der Waals surface area contributed by atoms with Gasteiger partial charge in [0.25, 0.3) is 0 Å². The quantitative estimate of drug-likeness (QED) is 0.649. The van der Waals surface area contributed by atoms with Crippen LogP contribution in [0.25, 0.3) is 0 Å². The minimum Gasteiger partial charge on any atom is -0.387 e. The van der Waals surface area contributed by atoms with Crippen molar-refractivity contribution in [2.45, 2.75) is 26.4 Å². The zero-order valence-corrected chi connectivity index (χ0v) is 9.27. The van der Waals surface area contributed by atoms with Gasteiger partial charge in [0.15, 0.2) is 0 Å². The molecule has 0 saturated carbocycles. The molecular formula is C12H19NO2. The van der Waals surface area contributed by atoms with Crippen molar-refractivity contribution in [3.05, 3.63) is 35.4 Å². The van der Waals surface area contributed by atoms with Gasteiger partial charge in [0, 0.05) is 0 Å². The van der Waals surface area contributed by atoms with Crippen LogP contribution in [0.15, 0.2) is 24.3 Å². The van der Waals surface area contributed by atoms with E-state index in [9.17, 15) is 5.11 Å². The number of hydrogen-bond donors (Lipinski definition) is 3. The van der Waals surface area contributed by atoms with E-state index in [4.69, 9.17) is 5.21 Å². The Morgan fingerprint density at radius 2 is 1.80 bits per heavy atom. The van der Waals surface area contributed by atoms with E-state index < -0.39 is 6.10 Å². The maximum Gasteiger partial charge on any atom is 0.0937 e. The predicted molar refractivity (Wildman–Crippen MR) is 59.7 cm³/mol. The standard InChI is InChI=1S/C12H19NO2/c1-9(2)7-10-3-5-11(6-4-10)12(14)8-13-15/h3-6,9,12-15H,7-8H2,1-2H3. The molecule has 84 valence electrons. The number of aliphatic hydroxyl groups is 1. The van der Waals surface area contributed by atoms with Gasteiger partial charge < -0.3 is 10.3 Å². The summed E-state index contributed by atoms with van der Waals surface area (Å²) < 4.78 is 0. The lowest BCUT2D eigenvalue weighted by Gasteiger charge is -2.11. The molecule has 1 aromatic carbocycles. The highest BCUT2D eigenvalue weighted by Crippen LogP contribution is 2.15. The van der Waals surface area contributed by atoms with Gasteiger partial charge in [-0.05, 0) is 23.5 Å². The topological polar surface area (TPSA) is 52.5 Å². The molecule has 3 nitrogen and oxygen atoms in total. The minimum absolute atomic E-state index is 0.156. The molecular weight excluding hydrogens is 190 g/mol. The molecule has 0 bridgehead atoms. The summed E-state index contributed by atoms with van der Waals surface area (Å²) in [6, 6.07) is 7.85. The van der Waals surface area contributed by atoms with Crippen molar-refractivity contribution in [1.29, 1.82) is 0 Å². The number of aliphatic hydroxyl groups excluding tert-OH is 1. The smallest absolute Gasteiger partial charge is 0.0937 e. The number of hydrogen-bond acceptors (Lipinski definition) is 3. The molecule has 0 aliphatic rings. The summed E-state index contributed by atoms with van der Waals surface area (Å²) in [6.45, 7) is 4.51. The van der Waals surface area contributed by atoms with E-state index in [2.05, 4.69) is 13.8 Å². The van der Waals surface area contributed by atoms with E-state index in [1.165, 1.54) is 5.56 Å². The summed E-state index contributed by atoms with van der Waals surface area (Å²) in [6.07, 6.45) is 0.400. The van der Waals surface area contributed by atoms with Crippen LogP contribution < -0.4 is 5.48 Å². The van der Waals surface area contributed by atoms with E-state index in [1.807, 2.05) is 29.7 Å². The van der Waals surface area contributed by atoms with E-state index in [0.29, 0.717) is 5.92 Å².